The van der Waals surface area contributed by atoms with Crippen LogP contribution in [-0.2, 0) is 4.79 Å². The van der Waals surface area contributed by atoms with Crippen LogP contribution in [0.2, 0.25) is 0 Å². The Labute approximate surface area is 95.0 Å². The Morgan fingerprint density at radius 3 is 2.56 bits per heavy atom. The third kappa shape index (κ3) is 4.48. The number of likely N-dealkylation sites (tertiary alicyclic amines) is 1. The minimum Gasteiger partial charge on any atom is -0.480 e. The molecule has 1 unspecified atom stereocenters. The molecule has 0 radical (unpaired) electrons. The van der Waals surface area contributed by atoms with Gasteiger partial charge in [-0.2, -0.15) is 0 Å². The van der Waals surface area contributed by atoms with Gasteiger partial charge in [-0.15, -0.1) is 0 Å². The fourth-order valence-electron chi connectivity index (χ4n) is 1.64. The number of carbonyl (C=O) groups is 2. The van der Waals surface area contributed by atoms with Crippen molar-refractivity contribution in [3.05, 3.63) is 0 Å². The Morgan fingerprint density at radius 2 is 2.00 bits per heavy atom. The summed E-state index contributed by atoms with van der Waals surface area (Å²) in [5.41, 5.74) is 0. The van der Waals surface area contributed by atoms with Crippen molar-refractivity contribution in [1.82, 2.24) is 15.5 Å². The number of urea groups is 1. The third-order valence-corrected chi connectivity index (χ3v) is 2.63. The van der Waals surface area contributed by atoms with Crippen molar-refractivity contribution in [3.63, 3.8) is 0 Å². The average Bonchev–Trinajstić information content (AvgIpc) is 2.70. The normalized spacial score (nSPS) is 18.1. The molecular formula is C10H19N3O3. The van der Waals surface area contributed by atoms with Crippen LogP contribution in [0.4, 0.5) is 4.79 Å². The van der Waals surface area contributed by atoms with Crippen LogP contribution in [0, 0.1) is 0 Å². The number of amides is 2. The van der Waals surface area contributed by atoms with Gasteiger partial charge in [-0.3, -0.25) is 4.79 Å². The Bertz CT molecular complexity index is 252. The molecule has 1 saturated heterocycles. The van der Waals surface area contributed by atoms with Crippen LogP contribution in [-0.4, -0.2) is 54.2 Å². The largest absolute Gasteiger partial charge is 0.480 e. The average molecular weight is 229 g/mol. The van der Waals surface area contributed by atoms with Gasteiger partial charge in [0.15, 0.2) is 0 Å². The summed E-state index contributed by atoms with van der Waals surface area (Å²) in [6, 6.07) is -1.28. The van der Waals surface area contributed by atoms with Gasteiger partial charge in [-0.1, -0.05) is 0 Å². The number of nitrogens with zero attached hydrogens (tertiary/aromatic N) is 1. The summed E-state index contributed by atoms with van der Waals surface area (Å²) in [4.78, 5) is 24.0. The zero-order chi connectivity index (χ0) is 12.0. The molecule has 0 aromatic heterocycles. The van der Waals surface area contributed by atoms with E-state index in [9.17, 15) is 9.59 Å². The number of carboxylic acid groups (broad SMARTS) is 1. The first kappa shape index (κ1) is 12.8. The highest BCUT2D eigenvalue weighted by molar-refractivity contribution is 5.82. The number of carbonyl (C=O) groups excluding carboxylic acids is 1. The summed E-state index contributed by atoms with van der Waals surface area (Å²) < 4.78 is 0. The predicted molar refractivity (Wildman–Crippen MR) is 59.3 cm³/mol. The van der Waals surface area contributed by atoms with Gasteiger partial charge in [-0.05, 0) is 32.9 Å². The number of aliphatic carboxylic acids is 1. The minimum absolute atomic E-state index is 0.422. The molecule has 16 heavy (non-hydrogen) atoms. The molecule has 1 fully saturated rings. The standard InChI is InChI=1S/C10H19N3O3/c1-8(9(14)15)12-10(16)11-4-7-13-5-2-3-6-13/h8H,2-7H2,1H3,(H,14,15)(H2,11,12,16). The van der Waals surface area contributed by atoms with E-state index in [-0.39, 0.29) is 0 Å². The zero-order valence-corrected chi connectivity index (χ0v) is 9.53. The van der Waals surface area contributed by atoms with Gasteiger partial charge in [0.1, 0.15) is 6.04 Å². The molecule has 1 rings (SSSR count). The maximum atomic E-state index is 11.2. The molecular weight excluding hydrogens is 210 g/mol. The van der Waals surface area contributed by atoms with E-state index in [4.69, 9.17) is 5.11 Å². The summed E-state index contributed by atoms with van der Waals surface area (Å²) in [5.74, 6) is -1.03. The fraction of sp³-hybridized carbons (Fsp3) is 0.800. The maximum Gasteiger partial charge on any atom is 0.325 e. The number of hydrogen-bond acceptors (Lipinski definition) is 3. The van der Waals surface area contributed by atoms with Crippen molar-refractivity contribution in [2.45, 2.75) is 25.8 Å². The van der Waals surface area contributed by atoms with Crippen LogP contribution in [0.15, 0.2) is 0 Å². The van der Waals surface area contributed by atoms with E-state index < -0.39 is 18.0 Å². The van der Waals surface area contributed by atoms with E-state index in [2.05, 4.69) is 15.5 Å². The Balaban J connectivity index is 2.07. The molecule has 0 saturated carbocycles. The topological polar surface area (TPSA) is 81.7 Å². The van der Waals surface area contributed by atoms with Gasteiger partial charge in [-0.25, -0.2) is 4.79 Å². The first-order chi connectivity index (χ1) is 7.59. The molecule has 0 aromatic rings. The highest BCUT2D eigenvalue weighted by Crippen LogP contribution is 2.05. The smallest absolute Gasteiger partial charge is 0.325 e. The van der Waals surface area contributed by atoms with Crippen molar-refractivity contribution in [2.24, 2.45) is 0 Å². The summed E-state index contributed by atoms with van der Waals surface area (Å²) in [5, 5.41) is 13.6. The van der Waals surface area contributed by atoms with Crippen LogP contribution in [0.5, 0.6) is 0 Å². The van der Waals surface area contributed by atoms with Gasteiger partial charge < -0.3 is 20.6 Å². The lowest BCUT2D eigenvalue weighted by Crippen LogP contribution is -2.46. The molecule has 1 heterocycles. The van der Waals surface area contributed by atoms with Gasteiger partial charge in [0, 0.05) is 13.1 Å². The second kappa shape index (κ2) is 6.32. The van der Waals surface area contributed by atoms with Crippen LogP contribution in [0.1, 0.15) is 19.8 Å². The SMILES string of the molecule is CC(NC(=O)NCCN1CCCC1)C(=O)O. The molecule has 0 spiro atoms. The third-order valence-electron chi connectivity index (χ3n) is 2.63. The highest BCUT2D eigenvalue weighted by atomic mass is 16.4. The highest BCUT2D eigenvalue weighted by Gasteiger charge is 2.14. The lowest BCUT2D eigenvalue weighted by Gasteiger charge is -2.15. The summed E-state index contributed by atoms with van der Waals surface area (Å²) in [6.45, 7) is 5.00. The first-order valence-electron chi connectivity index (χ1n) is 5.59. The van der Waals surface area contributed by atoms with E-state index in [1.54, 1.807) is 0 Å². The summed E-state index contributed by atoms with van der Waals surface area (Å²) >= 11 is 0. The van der Waals surface area contributed by atoms with Crippen LogP contribution in [0.3, 0.4) is 0 Å². The van der Waals surface area contributed by atoms with E-state index in [1.165, 1.54) is 19.8 Å². The predicted octanol–water partition coefficient (Wildman–Crippen LogP) is -0.145. The monoisotopic (exact) mass is 229 g/mol. The molecule has 6 nitrogen and oxygen atoms in total. The first-order valence-corrected chi connectivity index (χ1v) is 5.59. The van der Waals surface area contributed by atoms with Crippen LogP contribution >= 0.6 is 0 Å². The number of hydrogen-bond donors (Lipinski definition) is 3. The number of nitrogens with one attached hydrogen (secondary N) is 2. The number of rotatable bonds is 5. The van der Waals surface area contributed by atoms with E-state index in [1.807, 2.05) is 0 Å². The van der Waals surface area contributed by atoms with Crippen molar-refractivity contribution >= 4 is 12.0 Å². The van der Waals surface area contributed by atoms with Crippen LogP contribution in [0.25, 0.3) is 0 Å². The Kier molecular flexibility index (Phi) is 5.04. The van der Waals surface area contributed by atoms with Gasteiger partial charge >= 0.3 is 12.0 Å². The van der Waals surface area contributed by atoms with E-state index in [0.717, 1.165) is 19.6 Å². The number of carboxylic acids is 1. The summed E-state index contributed by atoms with van der Waals surface area (Å²) in [7, 11) is 0. The zero-order valence-electron chi connectivity index (χ0n) is 9.53. The van der Waals surface area contributed by atoms with Gasteiger partial charge in [0.05, 0.1) is 0 Å². The quantitative estimate of drug-likeness (QED) is 0.612. The van der Waals surface area contributed by atoms with E-state index in [0.29, 0.717) is 6.54 Å². The Hall–Kier alpha value is -1.30. The lowest BCUT2D eigenvalue weighted by atomic mass is 10.3. The van der Waals surface area contributed by atoms with Crippen molar-refractivity contribution in [1.29, 1.82) is 0 Å². The maximum absolute atomic E-state index is 11.2. The second-order valence-electron chi connectivity index (χ2n) is 4.01. The molecule has 1 aliphatic heterocycles. The van der Waals surface area contributed by atoms with Crippen LogP contribution < -0.4 is 10.6 Å². The van der Waals surface area contributed by atoms with Crippen molar-refractivity contribution in [3.8, 4) is 0 Å². The van der Waals surface area contributed by atoms with Crippen molar-refractivity contribution in [2.75, 3.05) is 26.2 Å². The molecule has 1 aliphatic rings. The van der Waals surface area contributed by atoms with E-state index >= 15 is 0 Å². The molecule has 92 valence electrons. The Morgan fingerprint density at radius 1 is 1.38 bits per heavy atom. The molecule has 6 heteroatoms. The molecule has 3 N–H and O–H groups in total. The van der Waals surface area contributed by atoms with Gasteiger partial charge in [0.25, 0.3) is 0 Å². The van der Waals surface area contributed by atoms with Crippen molar-refractivity contribution < 1.29 is 14.7 Å². The second-order valence-corrected chi connectivity index (χ2v) is 4.01. The molecule has 2 amide bonds. The van der Waals surface area contributed by atoms with Gasteiger partial charge in [0.2, 0.25) is 0 Å². The fourth-order valence-corrected chi connectivity index (χ4v) is 1.64. The minimum atomic E-state index is -1.03. The summed E-state index contributed by atoms with van der Waals surface area (Å²) in [6.07, 6.45) is 2.45. The lowest BCUT2D eigenvalue weighted by molar-refractivity contribution is -0.138. The molecule has 0 bridgehead atoms. The molecule has 0 aromatic carbocycles. The molecule has 0 aliphatic carbocycles. The molecule has 1 atom stereocenters.